The lowest BCUT2D eigenvalue weighted by Crippen LogP contribution is -2.56. The monoisotopic (exact) mass is 631 g/mol. The van der Waals surface area contributed by atoms with Gasteiger partial charge in [0.1, 0.15) is 18.5 Å². The Morgan fingerprint density at radius 2 is 2.00 bits per heavy atom. The van der Waals surface area contributed by atoms with Crippen LogP contribution in [0.25, 0.3) is 4.85 Å². The van der Waals surface area contributed by atoms with Gasteiger partial charge >= 0.3 is 6.01 Å². The standard InChI is InChI=1S/C30H38ClN7O2.2H2S/c1-5-23-25(31)10-7-11-27(23)36-14-12-24-26(19-36)33-30(40-20-21-9-8-13-35(21)4)34-29(24)37-15-16-38(28(39)6-2)22(18-37)17-32-3;;/h6-7,10-11,21-22H,2,5,8-9,12-20H2,1,4H3;2*1H2/t21-,22-;;/m0../s1. The van der Waals surface area contributed by atoms with Crippen LogP contribution in [0.2, 0.25) is 5.02 Å². The molecule has 1 aromatic carbocycles. The molecule has 1 aromatic heterocycles. The molecule has 2 fully saturated rings. The van der Waals surface area contributed by atoms with Crippen molar-refractivity contribution in [1.29, 1.82) is 0 Å². The number of anilines is 2. The molecular weight excluding hydrogens is 590 g/mol. The highest BCUT2D eigenvalue weighted by Crippen LogP contribution is 2.35. The van der Waals surface area contributed by atoms with Crippen molar-refractivity contribution in [2.45, 2.75) is 51.2 Å². The molecule has 0 aliphatic carbocycles. The molecule has 0 unspecified atom stereocenters. The summed E-state index contributed by atoms with van der Waals surface area (Å²) in [5.74, 6) is 0.730. The summed E-state index contributed by atoms with van der Waals surface area (Å²) >= 11 is 6.56. The van der Waals surface area contributed by atoms with Crippen LogP contribution >= 0.6 is 38.6 Å². The van der Waals surface area contributed by atoms with Crippen molar-refractivity contribution in [2.75, 3.05) is 62.7 Å². The van der Waals surface area contributed by atoms with Gasteiger partial charge in [0.05, 0.1) is 12.2 Å². The number of rotatable bonds is 8. The fourth-order valence-electron chi connectivity index (χ4n) is 6.19. The van der Waals surface area contributed by atoms with Crippen molar-refractivity contribution < 1.29 is 9.53 Å². The molecule has 5 rings (SSSR count). The van der Waals surface area contributed by atoms with Gasteiger partial charge in [0.25, 0.3) is 0 Å². The van der Waals surface area contributed by atoms with E-state index >= 15 is 0 Å². The number of hydrogen-bond donors (Lipinski definition) is 0. The molecule has 2 atom stereocenters. The number of benzene rings is 1. The second-order valence-electron chi connectivity index (χ2n) is 10.8. The maximum atomic E-state index is 12.5. The van der Waals surface area contributed by atoms with Crippen molar-refractivity contribution in [1.82, 2.24) is 19.8 Å². The molecular formula is C30H42ClN7O2S2. The van der Waals surface area contributed by atoms with Gasteiger partial charge in [-0.3, -0.25) is 4.79 Å². The van der Waals surface area contributed by atoms with Gasteiger partial charge in [0, 0.05) is 48.5 Å². The van der Waals surface area contributed by atoms with Gasteiger partial charge in [0.15, 0.2) is 0 Å². The number of piperazine rings is 1. The summed E-state index contributed by atoms with van der Waals surface area (Å²) in [7, 11) is 2.13. The highest BCUT2D eigenvalue weighted by molar-refractivity contribution is 7.59. The Morgan fingerprint density at radius 1 is 1.19 bits per heavy atom. The number of amides is 1. The maximum Gasteiger partial charge on any atom is 0.318 e. The summed E-state index contributed by atoms with van der Waals surface area (Å²) in [6, 6.07) is 6.61. The quantitative estimate of drug-likeness (QED) is 0.321. The molecule has 3 aliphatic heterocycles. The second-order valence-corrected chi connectivity index (χ2v) is 11.2. The Kier molecular flexibility index (Phi) is 12.2. The number of ether oxygens (including phenoxy) is 1. The first-order valence-electron chi connectivity index (χ1n) is 14.2. The number of likely N-dealkylation sites (N-methyl/N-ethyl adjacent to an activating group) is 1. The first kappa shape index (κ1) is 33.8. The molecule has 2 aromatic rings. The van der Waals surface area contributed by atoms with Crippen LogP contribution in [0, 0.1) is 6.57 Å². The molecule has 0 saturated carbocycles. The van der Waals surface area contributed by atoms with Crippen molar-refractivity contribution in [3.05, 3.63) is 64.1 Å². The number of fused-ring (bicyclic) bond motifs is 1. The van der Waals surface area contributed by atoms with Gasteiger partial charge in [-0.15, -0.1) is 0 Å². The van der Waals surface area contributed by atoms with Gasteiger partial charge in [-0.25, -0.2) is 6.57 Å². The van der Waals surface area contributed by atoms with E-state index in [-0.39, 0.29) is 45.5 Å². The maximum absolute atomic E-state index is 12.5. The molecule has 0 radical (unpaired) electrons. The third kappa shape index (κ3) is 7.10. The van der Waals surface area contributed by atoms with Gasteiger partial charge in [-0.2, -0.15) is 37.0 Å². The Morgan fingerprint density at radius 3 is 2.69 bits per heavy atom. The lowest BCUT2D eigenvalue weighted by Gasteiger charge is -2.41. The molecule has 9 nitrogen and oxygen atoms in total. The van der Waals surface area contributed by atoms with E-state index in [0.29, 0.717) is 44.8 Å². The highest BCUT2D eigenvalue weighted by atomic mass is 35.5. The first-order valence-corrected chi connectivity index (χ1v) is 14.6. The molecule has 0 spiro atoms. The van der Waals surface area contributed by atoms with Crippen LogP contribution in [-0.4, -0.2) is 90.7 Å². The molecule has 0 bridgehead atoms. The van der Waals surface area contributed by atoms with E-state index in [0.717, 1.165) is 65.7 Å². The van der Waals surface area contributed by atoms with E-state index in [1.165, 1.54) is 12.5 Å². The predicted octanol–water partition coefficient (Wildman–Crippen LogP) is 4.08. The van der Waals surface area contributed by atoms with Crippen LogP contribution in [0.15, 0.2) is 30.9 Å². The first-order chi connectivity index (χ1) is 19.4. The SMILES string of the molecule is S.S.[C-]#[N+]C[C@H]1CN(c2nc(OC[C@@H]3CCCN3C)nc3c2CCN(c2cccc(Cl)c2CC)C3)CCN1C(=O)C=C. The third-order valence-corrected chi connectivity index (χ3v) is 8.78. The zero-order chi connectivity index (χ0) is 28.2. The minimum absolute atomic E-state index is 0. The van der Waals surface area contributed by atoms with Crippen molar-refractivity contribution in [3.63, 3.8) is 0 Å². The van der Waals surface area contributed by atoms with E-state index in [4.69, 9.17) is 32.9 Å². The van der Waals surface area contributed by atoms with E-state index in [9.17, 15) is 4.79 Å². The van der Waals surface area contributed by atoms with Gasteiger partial charge in [-0.05, 0) is 63.0 Å². The van der Waals surface area contributed by atoms with E-state index in [2.05, 4.69) is 46.2 Å². The van der Waals surface area contributed by atoms with Crippen LogP contribution in [-0.2, 0) is 24.2 Å². The summed E-state index contributed by atoms with van der Waals surface area (Å²) < 4.78 is 6.26. The Balaban J connectivity index is 0.00000242. The number of halogens is 1. The lowest BCUT2D eigenvalue weighted by atomic mass is 10.0. The minimum atomic E-state index is -0.225. The number of carbonyl (C=O) groups is 1. The fraction of sp³-hybridized carbons (Fsp3) is 0.533. The highest BCUT2D eigenvalue weighted by Gasteiger charge is 2.35. The van der Waals surface area contributed by atoms with E-state index in [1.54, 1.807) is 4.90 Å². The van der Waals surface area contributed by atoms with Crippen molar-refractivity contribution >= 4 is 56.0 Å². The summed E-state index contributed by atoms with van der Waals surface area (Å²) in [6.07, 6.45) is 5.25. The average Bonchev–Trinajstić information content (AvgIpc) is 3.39. The minimum Gasteiger partial charge on any atom is -0.462 e. The molecule has 1 amide bonds. The molecule has 42 heavy (non-hydrogen) atoms. The summed E-state index contributed by atoms with van der Waals surface area (Å²) in [5.41, 5.74) is 4.36. The molecule has 228 valence electrons. The van der Waals surface area contributed by atoms with Gasteiger partial charge in [0.2, 0.25) is 12.5 Å². The second kappa shape index (κ2) is 15.2. The molecule has 0 N–H and O–H groups in total. The van der Waals surface area contributed by atoms with Crippen LogP contribution in [0.1, 0.15) is 36.6 Å². The van der Waals surface area contributed by atoms with Crippen LogP contribution in [0.3, 0.4) is 0 Å². The molecule has 4 heterocycles. The molecule has 3 aliphatic rings. The smallest absolute Gasteiger partial charge is 0.318 e. The fourth-order valence-corrected chi connectivity index (χ4v) is 6.49. The molecule has 2 saturated heterocycles. The normalized spacial score (nSPS) is 20.2. The largest absolute Gasteiger partial charge is 0.462 e. The Bertz CT molecular complexity index is 1310. The Labute approximate surface area is 268 Å². The summed E-state index contributed by atoms with van der Waals surface area (Å²) in [4.78, 5) is 34.7. The van der Waals surface area contributed by atoms with Crippen LogP contribution in [0.4, 0.5) is 11.5 Å². The lowest BCUT2D eigenvalue weighted by molar-refractivity contribution is -0.128. The zero-order valence-corrected chi connectivity index (χ0v) is 27.2. The number of nitrogens with zero attached hydrogens (tertiary/aromatic N) is 7. The van der Waals surface area contributed by atoms with Gasteiger partial charge in [-0.1, -0.05) is 31.2 Å². The van der Waals surface area contributed by atoms with Gasteiger partial charge < -0.3 is 29.2 Å². The van der Waals surface area contributed by atoms with E-state index in [1.807, 2.05) is 12.1 Å². The number of hydrogen-bond acceptors (Lipinski definition) is 7. The third-order valence-electron chi connectivity index (χ3n) is 8.43. The molecule has 12 heteroatoms. The summed E-state index contributed by atoms with van der Waals surface area (Å²) in [6.45, 7) is 18.3. The number of aromatic nitrogens is 2. The zero-order valence-electron chi connectivity index (χ0n) is 24.5. The Hall–Kier alpha value is -2.65. The topological polar surface area (TPSA) is 69.4 Å². The van der Waals surface area contributed by atoms with E-state index < -0.39 is 0 Å². The van der Waals surface area contributed by atoms with Crippen LogP contribution in [0.5, 0.6) is 6.01 Å². The number of likely N-dealkylation sites (tertiary alicyclic amines) is 1. The predicted molar refractivity (Wildman–Crippen MR) is 179 cm³/mol. The average molecular weight is 632 g/mol. The van der Waals surface area contributed by atoms with Crippen molar-refractivity contribution in [3.8, 4) is 6.01 Å². The summed E-state index contributed by atoms with van der Waals surface area (Å²) in [5, 5.41) is 0.789. The van der Waals surface area contributed by atoms with Crippen LogP contribution < -0.4 is 14.5 Å². The number of carbonyl (C=O) groups excluding carboxylic acids is 1. The van der Waals surface area contributed by atoms with Crippen molar-refractivity contribution in [2.24, 2.45) is 0 Å².